The number of amides is 1. The van der Waals surface area contributed by atoms with Gasteiger partial charge in [0.1, 0.15) is 5.75 Å². The van der Waals surface area contributed by atoms with Gasteiger partial charge in [-0.1, -0.05) is 26.0 Å². The molecule has 0 saturated carbocycles. The lowest BCUT2D eigenvalue weighted by Crippen LogP contribution is -2.13. The normalized spacial score (nSPS) is 10.5. The Bertz CT molecular complexity index is 621. The lowest BCUT2D eigenvalue weighted by Gasteiger charge is -2.10. The standard InChI is InChI=1S/C18H22N2O2/c1-13(2)11-12-22-15-9-7-14(8-10-15)18(21)20-17-6-4-3-5-16(17)19/h3-10,13H,11-12,19H2,1-2H3,(H,20,21). The van der Waals surface area contributed by atoms with Crippen LogP contribution in [0.25, 0.3) is 0 Å². The van der Waals surface area contributed by atoms with Gasteiger partial charge in [-0.2, -0.15) is 0 Å². The Balaban J connectivity index is 1.95. The maximum Gasteiger partial charge on any atom is 0.255 e. The van der Waals surface area contributed by atoms with E-state index in [2.05, 4.69) is 19.2 Å². The zero-order valence-electron chi connectivity index (χ0n) is 13.0. The van der Waals surface area contributed by atoms with Crippen molar-refractivity contribution in [3.63, 3.8) is 0 Å². The van der Waals surface area contributed by atoms with E-state index in [1.54, 1.807) is 24.3 Å². The maximum absolute atomic E-state index is 12.2. The summed E-state index contributed by atoms with van der Waals surface area (Å²) in [5.74, 6) is 1.20. The molecule has 4 heteroatoms. The molecule has 0 bridgehead atoms. The summed E-state index contributed by atoms with van der Waals surface area (Å²) in [5.41, 5.74) is 7.55. The van der Waals surface area contributed by atoms with Gasteiger partial charge < -0.3 is 15.8 Å². The van der Waals surface area contributed by atoms with Crippen molar-refractivity contribution in [2.75, 3.05) is 17.7 Å². The zero-order valence-corrected chi connectivity index (χ0v) is 13.0. The van der Waals surface area contributed by atoms with E-state index in [0.29, 0.717) is 29.5 Å². The van der Waals surface area contributed by atoms with Gasteiger partial charge in [0.2, 0.25) is 0 Å². The number of nitrogens with one attached hydrogen (secondary N) is 1. The molecule has 0 atom stereocenters. The number of anilines is 2. The molecule has 2 aromatic carbocycles. The second-order valence-corrected chi connectivity index (χ2v) is 5.60. The van der Waals surface area contributed by atoms with E-state index in [-0.39, 0.29) is 5.91 Å². The molecule has 0 aliphatic carbocycles. The van der Waals surface area contributed by atoms with Crippen LogP contribution in [0.15, 0.2) is 48.5 Å². The van der Waals surface area contributed by atoms with Gasteiger partial charge in [-0.05, 0) is 48.7 Å². The predicted octanol–water partition coefficient (Wildman–Crippen LogP) is 3.95. The van der Waals surface area contributed by atoms with Gasteiger partial charge in [0.15, 0.2) is 0 Å². The predicted molar refractivity (Wildman–Crippen MR) is 90.2 cm³/mol. The number of nitrogen functional groups attached to an aromatic ring is 1. The molecule has 0 heterocycles. The average Bonchev–Trinajstić information content (AvgIpc) is 2.50. The Morgan fingerprint density at radius 2 is 1.82 bits per heavy atom. The molecule has 0 aliphatic rings. The van der Waals surface area contributed by atoms with Crippen LogP contribution in [0, 0.1) is 5.92 Å². The lowest BCUT2D eigenvalue weighted by atomic mass is 10.1. The van der Waals surface area contributed by atoms with Gasteiger partial charge in [0.05, 0.1) is 18.0 Å². The van der Waals surface area contributed by atoms with Gasteiger partial charge >= 0.3 is 0 Å². The minimum Gasteiger partial charge on any atom is -0.494 e. The Kier molecular flexibility index (Phi) is 5.42. The van der Waals surface area contributed by atoms with Gasteiger partial charge in [-0.15, -0.1) is 0 Å². The number of ether oxygens (including phenoxy) is 1. The van der Waals surface area contributed by atoms with E-state index in [1.165, 1.54) is 0 Å². The highest BCUT2D eigenvalue weighted by Gasteiger charge is 2.08. The summed E-state index contributed by atoms with van der Waals surface area (Å²) in [4.78, 5) is 12.2. The second kappa shape index (κ2) is 7.50. The number of benzene rings is 2. The Morgan fingerprint density at radius 3 is 2.45 bits per heavy atom. The molecular formula is C18H22N2O2. The number of hydrogen-bond donors (Lipinski definition) is 2. The molecule has 0 aliphatic heterocycles. The summed E-state index contributed by atoms with van der Waals surface area (Å²) >= 11 is 0. The number of hydrogen-bond acceptors (Lipinski definition) is 3. The molecule has 0 aromatic heterocycles. The fourth-order valence-corrected chi connectivity index (χ4v) is 1.92. The summed E-state index contributed by atoms with van der Waals surface area (Å²) < 4.78 is 5.64. The fraction of sp³-hybridized carbons (Fsp3) is 0.278. The van der Waals surface area contributed by atoms with E-state index in [9.17, 15) is 4.79 Å². The van der Waals surface area contributed by atoms with Gasteiger partial charge in [0.25, 0.3) is 5.91 Å². The molecule has 2 rings (SSSR count). The fourth-order valence-electron chi connectivity index (χ4n) is 1.92. The first-order valence-corrected chi connectivity index (χ1v) is 7.45. The van der Waals surface area contributed by atoms with Gasteiger partial charge in [0, 0.05) is 5.56 Å². The Morgan fingerprint density at radius 1 is 1.14 bits per heavy atom. The van der Waals surface area contributed by atoms with Crippen LogP contribution in [-0.4, -0.2) is 12.5 Å². The van der Waals surface area contributed by atoms with Crippen LogP contribution in [0.4, 0.5) is 11.4 Å². The SMILES string of the molecule is CC(C)CCOc1ccc(C(=O)Nc2ccccc2N)cc1. The summed E-state index contributed by atoms with van der Waals surface area (Å²) in [5, 5.41) is 2.80. The lowest BCUT2D eigenvalue weighted by molar-refractivity contribution is 0.102. The smallest absolute Gasteiger partial charge is 0.255 e. The molecule has 22 heavy (non-hydrogen) atoms. The molecule has 116 valence electrons. The van der Waals surface area contributed by atoms with Crippen molar-refractivity contribution < 1.29 is 9.53 Å². The highest BCUT2D eigenvalue weighted by Crippen LogP contribution is 2.19. The van der Waals surface area contributed by atoms with Crippen molar-refractivity contribution in [3.05, 3.63) is 54.1 Å². The van der Waals surface area contributed by atoms with Crippen LogP contribution in [0.5, 0.6) is 5.75 Å². The van der Waals surface area contributed by atoms with E-state index in [0.717, 1.165) is 12.2 Å². The monoisotopic (exact) mass is 298 g/mol. The minimum atomic E-state index is -0.188. The Hall–Kier alpha value is -2.49. The van der Waals surface area contributed by atoms with Crippen LogP contribution >= 0.6 is 0 Å². The molecule has 2 aromatic rings. The summed E-state index contributed by atoms with van der Waals surface area (Å²) in [6.07, 6.45) is 1.01. The average molecular weight is 298 g/mol. The van der Waals surface area contributed by atoms with Crippen molar-refractivity contribution in [3.8, 4) is 5.75 Å². The molecular weight excluding hydrogens is 276 g/mol. The first kappa shape index (κ1) is 15.9. The van der Waals surface area contributed by atoms with E-state index < -0.39 is 0 Å². The van der Waals surface area contributed by atoms with Crippen LogP contribution in [0.3, 0.4) is 0 Å². The molecule has 1 amide bonds. The van der Waals surface area contributed by atoms with Gasteiger partial charge in [-0.25, -0.2) is 0 Å². The minimum absolute atomic E-state index is 0.188. The van der Waals surface area contributed by atoms with Crippen LogP contribution in [-0.2, 0) is 0 Å². The summed E-state index contributed by atoms with van der Waals surface area (Å²) in [7, 11) is 0. The van der Waals surface area contributed by atoms with Crippen LogP contribution in [0.2, 0.25) is 0 Å². The van der Waals surface area contributed by atoms with E-state index in [1.807, 2.05) is 24.3 Å². The summed E-state index contributed by atoms with van der Waals surface area (Å²) in [6, 6.07) is 14.3. The molecule has 0 saturated heterocycles. The molecule has 3 N–H and O–H groups in total. The largest absolute Gasteiger partial charge is 0.494 e. The maximum atomic E-state index is 12.2. The van der Waals surface area contributed by atoms with Crippen molar-refractivity contribution in [2.24, 2.45) is 5.92 Å². The molecule has 0 unspecified atom stereocenters. The quantitative estimate of drug-likeness (QED) is 0.794. The van der Waals surface area contributed by atoms with Crippen LogP contribution in [0.1, 0.15) is 30.6 Å². The number of carbonyl (C=O) groups is 1. The van der Waals surface area contributed by atoms with Gasteiger partial charge in [-0.3, -0.25) is 4.79 Å². The van der Waals surface area contributed by atoms with Crippen LogP contribution < -0.4 is 15.8 Å². The van der Waals surface area contributed by atoms with E-state index >= 15 is 0 Å². The number of para-hydroxylation sites is 2. The zero-order chi connectivity index (χ0) is 15.9. The molecule has 0 radical (unpaired) electrons. The third-order valence-corrected chi connectivity index (χ3v) is 3.29. The molecule has 0 fully saturated rings. The van der Waals surface area contributed by atoms with E-state index in [4.69, 9.17) is 10.5 Å². The highest BCUT2D eigenvalue weighted by molar-refractivity contribution is 6.05. The number of carbonyl (C=O) groups excluding carboxylic acids is 1. The Labute approximate surface area is 131 Å². The third kappa shape index (κ3) is 4.52. The highest BCUT2D eigenvalue weighted by atomic mass is 16.5. The number of nitrogens with two attached hydrogens (primary N) is 1. The van der Waals surface area contributed by atoms with Crippen molar-refractivity contribution in [2.45, 2.75) is 20.3 Å². The van der Waals surface area contributed by atoms with Crippen molar-refractivity contribution in [1.29, 1.82) is 0 Å². The first-order chi connectivity index (χ1) is 10.6. The van der Waals surface area contributed by atoms with Crippen molar-refractivity contribution >= 4 is 17.3 Å². The third-order valence-electron chi connectivity index (χ3n) is 3.29. The summed E-state index contributed by atoms with van der Waals surface area (Å²) in [6.45, 7) is 5.00. The second-order valence-electron chi connectivity index (χ2n) is 5.60. The topological polar surface area (TPSA) is 64.3 Å². The van der Waals surface area contributed by atoms with Crippen molar-refractivity contribution in [1.82, 2.24) is 0 Å². The molecule has 0 spiro atoms. The molecule has 4 nitrogen and oxygen atoms in total. The number of rotatable bonds is 6. The first-order valence-electron chi connectivity index (χ1n) is 7.45.